The summed E-state index contributed by atoms with van der Waals surface area (Å²) in [7, 11) is 1.60. The SMILES string of the molecule is COc1cc(-c2ccc(-c3cc4c(nn3)N([C@H]3C[C@]5(C)CC[C@](C)(C3)N5)CCC4)c(O)c2)ccn1. The minimum absolute atomic E-state index is 0.191. The van der Waals surface area contributed by atoms with Crippen LogP contribution in [0.15, 0.2) is 42.6 Å². The van der Waals surface area contributed by atoms with Gasteiger partial charge in [0.05, 0.1) is 12.8 Å². The molecule has 0 unspecified atom stereocenters. The number of benzene rings is 1. The second-order valence-corrected chi connectivity index (χ2v) is 11.0. The molecule has 6 rings (SSSR count). The predicted octanol–water partition coefficient (Wildman–Crippen LogP) is 4.74. The van der Waals surface area contributed by atoms with Gasteiger partial charge in [-0.2, -0.15) is 0 Å². The van der Waals surface area contributed by atoms with E-state index in [1.807, 2.05) is 24.3 Å². The highest BCUT2D eigenvalue weighted by Crippen LogP contribution is 2.45. The molecule has 182 valence electrons. The molecule has 2 saturated heterocycles. The molecule has 0 saturated carbocycles. The Kier molecular flexibility index (Phi) is 5.22. The first-order valence-corrected chi connectivity index (χ1v) is 12.6. The van der Waals surface area contributed by atoms with E-state index in [2.05, 4.69) is 40.2 Å². The van der Waals surface area contributed by atoms with Crippen molar-refractivity contribution in [2.24, 2.45) is 0 Å². The minimum atomic E-state index is 0.191. The number of rotatable bonds is 4. The lowest BCUT2D eigenvalue weighted by molar-refractivity contribution is 0.203. The number of hydrogen-bond donors (Lipinski definition) is 2. The lowest BCUT2D eigenvalue weighted by Gasteiger charge is -2.47. The van der Waals surface area contributed by atoms with E-state index in [0.29, 0.717) is 23.2 Å². The first-order chi connectivity index (χ1) is 16.8. The Bertz CT molecular complexity index is 1260. The van der Waals surface area contributed by atoms with Crippen molar-refractivity contribution < 1.29 is 9.84 Å². The van der Waals surface area contributed by atoms with Crippen molar-refractivity contribution in [3.63, 3.8) is 0 Å². The molecular formula is C28H33N5O2. The van der Waals surface area contributed by atoms with Gasteiger partial charge in [-0.05, 0) is 93.3 Å². The van der Waals surface area contributed by atoms with Crippen LogP contribution in [0.4, 0.5) is 5.82 Å². The summed E-state index contributed by atoms with van der Waals surface area (Å²) >= 11 is 0. The number of piperidine rings is 1. The molecule has 2 bridgehead atoms. The van der Waals surface area contributed by atoms with E-state index in [1.54, 1.807) is 19.4 Å². The van der Waals surface area contributed by atoms with Crippen LogP contribution in [0.3, 0.4) is 0 Å². The number of pyridine rings is 1. The number of anilines is 1. The first-order valence-electron chi connectivity index (χ1n) is 12.6. The van der Waals surface area contributed by atoms with Crippen molar-refractivity contribution >= 4 is 5.82 Å². The molecule has 3 aliphatic heterocycles. The third-order valence-corrected chi connectivity index (χ3v) is 8.16. The maximum atomic E-state index is 10.9. The Hall–Kier alpha value is -3.19. The smallest absolute Gasteiger partial charge is 0.213 e. The lowest BCUT2D eigenvalue weighted by Crippen LogP contribution is -2.59. The summed E-state index contributed by atoms with van der Waals surface area (Å²) < 4.78 is 5.23. The number of phenolic OH excluding ortho intramolecular Hbond substituents is 1. The van der Waals surface area contributed by atoms with Crippen LogP contribution in [-0.4, -0.2) is 51.1 Å². The third-order valence-electron chi connectivity index (χ3n) is 8.16. The Labute approximate surface area is 206 Å². The van der Waals surface area contributed by atoms with E-state index >= 15 is 0 Å². The summed E-state index contributed by atoms with van der Waals surface area (Å²) in [5, 5.41) is 24.1. The van der Waals surface area contributed by atoms with Crippen LogP contribution in [0.1, 0.15) is 51.5 Å². The third kappa shape index (κ3) is 4.01. The number of aromatic nitrogens is 3. The van der Waals surface area contributed by atoms with E-state index in [1.165, 1.54) is 18.4 Å². The van der Waals surface area contributed by atoms with Crippen molar-refractivity contribution in [2.75, 3.05) is 18.6 Å². The fourth-order valence-corrected chi connectivity index (χ4v) is 6.56. The standard InChI is InChI=1S/C28H33N5O2/c1-27-9-10-28(2,32-27)17-21(16-27)33-12-4-5-20-13-23(30-31-26(20)33)22-7-6-18(14-24(22)34)19-8-11-29-25(15-19)35-3/h6-8,11,13-15,21,32,34H,4-5,9-10,12,16-17H2,1-3H3/t21-,27-,28+. The number of nitrogens with zero attached hydrogens (tertiary/aromatic N) is 4. The summed E-state index contributed by atoms with van der Waals surface area (Å²) in [5.41, 5.74) is 4.90. The van der Waals surface area contributed by atoms with Crippen molar-refractivity contribution in [3.8, 4) is 34.0 Å². The maximum Gasteiger partial charge on any atom is 0.213 e. The highest BCUT2D eigenvalue weighted by atomic mass is 16.5. The molecule has 0 aliphatic carbocycles. The monoisotopic (exact) mass is 471 g/mol. The van der Waals surface area contributed by atoms with Crippen LogP contribution in [0.25, 0.3) is 22.4 Å². The predicted molar refractivity (Wildman–Crippen MR) is 137 cm³/mol. The van der Waals surface area contributed by atoms with E-state index < -0.39 is 0 Å². The molecule has 7 heteroatoms. The molecular weight excluding hydrogens is 438 g/mol. The molecule has 7 nitrogen and oxygen atoms in total. The van der Waals surface area contributed by atoms with Crippen LogP contribution in [-0.2, 0) is 6.42 Å². The second kappa shape index (κ2) is 8.19. The molecule has 3 aliphatic rings. The molecule has 35 heavy (non-hydrogen) atoms. The Balaban J connectivity index is 1.29. The zero-order chi connectivity index (χ0) is 24.2. The van der Waals surface area contributed by atoms with Gasteiger partial charge < -0.3 is 20.1 Å². The van der Waals surface area contributed by atoms with Gasteiger partial charge in [0, 0.05) is 41.5 Å². The fraction of sp³-hybridized carbons (Fsp3) is 0.464. The van der Waals surface area contributed by atoms with Gasteiger partial charge >= 0.3 is 0 Å². The van der Waals surface area contributed by atoms with E-state index in [4.69, 9.17) is 9.84 Å². The molecule has 2 fully saturated rings. The largest absolute Gasteiger partial charge is 0.507 e. The number of nitrogens with one attached hydrogen (secondary N) is 1. The topological polar surface area (TPSA) is 83.4 Å². The molecule has 2 aromatic heterocycles. The van der Waals surface area contributed by atoms with Crippen molar-refractivity contribution in [3.05, 3.63) is 48.2 Å². The summed E-state index contributed by atoms with van der Waals surface area (Å²) in [5.74, 6) is 1.76. The Morgan fingerprint density at radius 1 is 1.03 bits per heavy atom. The fourth-order valence-electron chi connectivity index (χ4n) is 6.56. The lowest BCUT2D eigenvalue weighted by atomic mass is 9.83. The quantitative estimate of drug-likeness (QED) is 0.569. The van der Waals surface area contributed by atoms with Crippen LogP contribution >= 0.6 is 0 Å². The van der Waals surface area contributed by atoms with Crippen LogP contribution in [0, 0.1) is 0 Å². The highest BCUT2D eigenvalue weighted by molar-refractivity contribution is 5.75. The molecule has 5 heterocycles. The van der Waals surface area contributed by atoms with Crippen LogP contribution in [0.5, 0.6) is 11.6 Å². The number of aromatic hydroxyl groups is 1. The average molecular weight is 472 g/mol. The molecule has 3 atom stereocenters. The number of aryl methyl sites for hydroxylation is 1. The van der Waals surface area contributed by atoms with Gasteiger partial charge in [-0.15, -0.1) is 10.2 Å². The highest BCUT2D eigenvalue weighted by Gasteiger charge is 2.50. The van der Waals surface area contributed by atoms with Gasteiger partial charge in [-0.1, -0.05) is 6.07 Å². The minimum Gasteiger partial charge on any atom is -0.507 e. The number of ether oxygens (including phenoxy) is 1. The van der Waals surface area contributed by atoms with Gasteiger partial charge in [0.15, 0.2) is 5.82 Å². The van der Waals surface area contributed by atoms with E-state index in [0.717, 1.165) is 49.2 Å². The summed E-state index contributed by atoms with van der Waals surface area (Å²) in [4.78, 5) is 6.67. The van der Waals surface area contributed by atoms with Crippen LogP contribution in [0.2, 0.25) is 0 Å². The van der Waals surface area contributed by atoms with E-state index in [-0.39, 0.29) is 16.8 Å². The number of fused-ring (bicyclic) bond motifs is 3. The number of methoxy groups -OCH3 is 1. The van der Waals surface area contributed by atoms with E-state index in [9.17, 15) is 5.11 Å². The molecule has 2 N–H and O–H groups in total. The normalized spacial score (nSPS) is 27.5. The molecule has 0 amide bonds. The van der Waals surface area contributed by atoms with Crippen molar-refractivity contribution in [1.29, 1.82) is 0 Å². The van der Waals surface area contributed by atoms with Gasteiger partial charge in [-0.3, -0.25) is 0 Å². The van der Waals surface area contributed by atoms with Gasteiger partial charge in [0.1, 0.15) is 5.75 Å². The van der Waals surface area contributed by atoms with Crippen molar-refractivity contribution in [2.45, 2.75) is 69.5 Å². The maximum absolute atomic E-state index is 10.9. The first kappa shape index (κ1) is 22.3. The molecule has 0 spiro atoms. The summed E-state index contributed by atoms with van der Waals surface area (Å²) in [6.45, 7) is 5.78. The number of phenols is 1. The van der Waals surface area contributed by atoms with Gasteiger partial charge in [-0.25, -0.2) is 4.98 Å². The average Bonchev–Trinajstić information content (AvgIpc) is 3.09. The van der Waals surface area contributed by atoms with Gasteiger partial charge in [0.2, 0.25) is 5.88 Å². The van der Waals surface area contributed by atoms with Gasteiger partial charge in [0.25, 0.3) is 0 Å². The summed E-state index contributed by atoms with van der Waals surface area (Å²) in [6, 6.07) is 12.0. The Morgan fingerprint density at radius 2 is 1.80 bits per heavy atom. The summed E-state index contributed by atoms with van der Waals surface area (Å²) in [6.07, 6.45) is 8.59. The second-order valence-electron chi connectivity index (χ2n) is 11.0. The zero-order valence-corrected chi connectivity index (χ0v) is 20.7. The van der Waals surface area contributed by atoms with Crippen LogP contribution < -0.4 is 15.0 Å². The molecule has 3 aromatic rings. The zero-order valence-electron chi connectivity index (χ0n) is 20.7. The number of hydrogen-bond acceptors (Lipinski definition) is 7. The molecule has 0 radical (unpaired) electrons. The molecule has 1 aromatic carbocycles. The van der Waals surface area contributed by atoms with Crippen molar-refractivity contribution in [1.82, 2.24) is 20.5 Å². The Morgan fingerprint density at radius 3 is 2.54 bits per heavy atom.